The molecule has 1 unspecified atom stereocenters. The van der Waals surface area contributed by atoms with Gasteiger partial charge in [0.15, 0.2) is 9.84 Å². The minimum atomic E-state index is -3.74. The minimum Gasteiger partial charge on any atom is -0.508 e. The number of rotatable bonds is 4. The maximum Gasteiger partial charge on any atom is 0.178 e. The number of sulfone groups is 1. The van der Waals surface area contributed by atoms with Crippen LogP contribution < -0.4 is 5.32 Å². The molecule has 96 valence electrons. The standard InChI is InChI=1S/C10H14FNO4S/c1-12-5-9(14)6-3-7(11)10(4-8(6)13)17(2,15)16/h3-4,9,12-14H,5H2,1-2H3. The molecule has 0 aliphatic carbocycles. The van der Waals surface area contributed by atoms with Crippen molar-refractivity contribution in [1.82, 2.24) is 5.32 Å². The first-order valence-electron chi connectivity index (χ1n) is 4.82. The highest BCUT2D eigenvalue weighted by molar-refractivity contribution is 7.90. The van der Waals surface area contributed by atoms with Crippen LogP contribution in [0.15, 0.2) is 17.0 Å². The largest absolute Gasteiger partial charge is 0.508 e. The van der Waals surface area contributed by atoms with Crippen molar-refractivity contribution in [2.24, 2.45) is 0 Å². The summed E-state index contributed by atoms with van der Waals surface area (Å²) >= 11 is 0. The Morgan fingerprint density at radius 1 is 1.47 bits per heavy atom. The Bertz CT molecular complexity index is 515. The number of phenols is 1. The number of hydrogen-bond donors (Lipinski definition) is 3. The molecule has 1 aromatic rings. The average molecular weight is 263 g/mol. The van der Waals surface area contributed by atoms with Crippen LogP contribution in [0.3, 0.4) is 0 Å². The zero-order valence-corrected chi connectivity index (χ0v) is 10.3. The average Bonchev–Trinajstić information content (AvgIpc) is 2.19. The van der Waals surface area contributed by atoms with Crippen LogP contribution in [0.25, 0.3) is 0 Å². The molecule has 0 saturated carbocycles. The third-order valence-electron chi connectivity index (χ3n) is 2.24. The molecule has 0 heterocycles. The van der Waals surface area contributed by atoms with Gasteiger partial charge in [0.25, 0.3) is 0 Å². The van der Waals surface area contributed by atoms with Crippen molar-refractivity contribution in [3.8, 4) is 5.75 Å². The Morgan fingerprint density at radius 3 is 2.53 bits per heavy atom. The molecule has 0 bridgehead atoms. The molecular formula is C10H14FNO4S. The molecule has 3 N–H and O–H groups in total. The first-order valence-corrected chi connectivity index (χ1v) is 6.71. The van der Waals surface area contributed by atoms with Crippen LogP contribution in [0.5, 0.6) is 5.75 Å². The maximum atomic E-state index is 13.5. The van der Waals surface area contributed by atoms with E-state index in [2.05, 4.69) is 5.32 Å². The van der Waals surface area contributed by atoms with Crippen molar-refractivity contribution in [3.05, 3.63) is 23.5 Å². The van der Waals surface area contributed by atoms with E-state index in [4.69, 9.17) is 0 Å². The van der Waals surface area contributed by atoms with Crippen LogP contribution in [0, 0.1) is 5.82 Å². The summed E-state index contributed by atoms with van der Waals surface area (Å²) in [5.41, 5.74) is -0.0516. The predicted octanol–water partition coefficient (Wildman–Crippen LogP) is 0.188. The second-order valence-corrected chi connectivity index (χ2v) is 5.67. The lowest BCUT2D eigenvalue weighted by atomic mass is 10.1. The summed E-state index contributed by atoms with van der Waals surface area (Å²) in [6.45, 7) is 0.116. The summed E-state index contributed by atoms with van der Waals surface area (Å²) < 4.78 is 35.9. The molecular weight excluding hydrogens is 249 g/mol. The van der Waals surface area contributed by atoms with E-state index in [1.807, 2.05) is 0 Å². The fourth-order valence-corrected chi connectivity index (χ4v) is 2.15. The van der Waals surface area contributed by atoms with Gasteiger partial charge in [-0.15, -0.1) is 0 Å². The Kier molecular flexibility index (Phi) is 4.07. The lowest BCUT2D eigenvalue weighted by molar-refractivity contribution is 0.173. The number of nitrogens with one attached hydrogen (secondary N) is 1. The van der Waals surface area contributed by atoms with Crippen LogP contribution in [-0.2, 0) is 9.84 Å². The van der Waals surface area contributed by atoms with Gasteiger partial charge in [0.05, 0.1) is 6.10 Å². The van der Waals surface area contributed by atoms with Crippen LogP contribution >= 0.6 is 0 Å². The van der Waals surface area contributed by atoms with Crippen LogP contribution in [0.4, 0.5) is 4.39 Å². The number of halogens is 1. The molecule has 1 rings (SSSR count). The van der Waals surface area contributed by atoms with Crippen molar-refractivity contribution in [3.63, 3.8) is 0 Å². The first-order chi connectivity index (χ1) is 7.77. The van der Waals surface area contributed by atoms with Crippen LogP contribution in [-0.4, -0.2) is 38.5 Å². The highest BCUT2D eigenvalue weighted by Crippen LogP contribution is 2.29. The normalized spacial score (nSPS) is 13.6. The molecule has 0 aliphatic heterocycles. The van der Waals surface area contributed by atoms with Gasteiger partial charge < -0.3 is 15.5 Å². The van der Waals surface area contributed by atoms with E-state index in [1.54, 1.807) is 7.05 Å². The van der Waals surface area contributed by atoms with Crippen LogP contribution in [0.1, 0.15) is 11.7 Å². The van der Waals surface area contributed by atoms with Crippen molar-refractivity contribution >= 4 is 9.84 Å². The van der Waals surface area contributed by atoms with E-state index in [9.17, 15) is 23.0 Å². The van der Waals surface area contributed by atoms with Gasteiger partial charge in [-0.1, -0.05) is 0 Å². The Morgan fingerprint density at radius 2 is 2.06 bits per heavy atom. The van der Waals surface area contributed by atoms with Gasteiger partial charge in [0.2, 0.25) is 0 Å². The zero-order chi connectivity index (χ0) is 13.2. The number of likely N-dealkylation sites (N-methyl/N-ethyl adjacent to an activating group) is 1. The summed E-state index contributed by atoms with van der Waals surface area (Å²) in [7, 11) is -2.16. The second-order valence-electron chi connectivity index (χ2n) is 3.69. The van der Waals surface area contributed by atoms with E-state index in [-0.39, 0.29) is 12.1 Å². The molecule has 0 radical (unpaired) electrons. The van der Waals surface area contributed by atoms with E-state index in [0.717, 1.165) is 18.4 Å². The Hall–Kier alpha value is -1.18. The molecule has 0 fully saturated rings. The maximum absolute atomic E-state index is 13.5. The van der Waals surface area contributed by atoms with Gasteiger partial charge in [-0.25, -0.2) is 12.8 Å². The third kappa shape index (κ3) is 3.15. The van der Waals surface area contributed by atoms with Gasteiger partial charge in [-0.2, -0.15) is 0 Å². The monoisotopic (exact) mass is 263 g/mol. The molecule has 0 aliphatic rings. The van der Waals surface area contributed by atoms with E-state index in [1.165, 1.54) is 0 Å². The second kappa shape index (κ2) is 4.99. The number of hydrogen-bond acceptors (Lipinski definition) is 5. The summed E-state index contributed by atoms with van der Waals surface area (Å²) in [4.78, 5) is -0.588. The van der Waals surface area contributed by atoms with Crippen molar-refractivity contribution < 1.29 is 23.0 Å². The molecule has 0 saturated heterocycles. The summed E-state index contributed by atoms with van der Waals surface area (Å²) in [6.07, 6.45) is -0.266. The van der Waals surface area contributed by atoms with Crippen molar-refractivity contribution in [2.45, 2.75) is 11.0 Å². The van der Waals surface area contributed by atoms with Gasteiger partial charge in [-0.05, 0) is 13.1 Å². The van der Waals surface area contributed by atoms with E-state index in [0.29, 0.717) is 0 Å². The van der Waals surface area contributed by atoms with Crippen molar-refractivity contribution in [1.29, 1.82) is 0 Å². The molecule has 1 aromatic carbocycles. The molecule has 0 spiro atoms. The first kappa shape index (κ1) is 13.9. The molecule has 1 atom stereocenters. The summed E-state index contributed by atoms with van der Waals surface area (Å²) in [6, 6.07) is 1.63. The third-order valence-corrected chi connectivity index (χ3v) is 3.35. The Balaban J connectivity index is 3.28. The number of benzene rings is 1. The molecule has 5 nitrogen and oxygen atoms in total. The lowest BCUT2D eigenvalue weighted by Gasteiger charge is -2.13. The van der Waals surface area contributed by atoms with E-state index < -0.39 is 32.4 Å². The summed E-state index contributed by atoms with van der Waals surface area (Å²) in [5.74, 6) is -1.44. The highest BCUT2D eigenvalue weighted by Gasteiger charge is 2.20. The van der Waals surface area contributed by atoms with Gasteiger partial charge in [-0.3, -0.25) is 0 Å². The van der Waals surface area contributed by atoms with Crippen molar-refractivity contribution in [2.75, 3.05) is 19.8 Å². The number of aliphatic hydroxyl groups is 1. The number of aliphatic hydroxyl groups excluding tert-OH is 1. The van der Waals surface area contributed by atoms with Gasteiger partial charge in [0, 0.05) is 24.4 Å². The SMILES string of the molecule is CNCC(O)c1cc(F)c(S(C)(=O)=O)cc1O. The van der Waals surface area contributed by atoms with Crippen LogP contribution in [0.2, 0.25) is 0 Å². The molecule has 7 heteroatoms. The van der Waals surface area contributed by atoms with E-state index >= 15 is 0 Å². The fraction of sp³-hybridized carbons (Fsp3) is 0.400. The Labute approximate surface area is 98.8 Å². The van der Waals surface area contributed by atoms with Gasteiger partial charge in [0.1, 0.15) is 16.5 Å². The highest BCUT2D eigenvalue weighted by atomic mass is 32.2. The number of aromatic hydroxyl groups is 1. The molecule has 17 heavy (non-hydrogen) atoms. The number of phenolic OH excluding ortho intramolecular Hbond substituents is 1. The summed E-state index contributed by atoms with van der Waals surface area (Å²) in [5, 5.41) is 21.8. The smallest absolute Gasteiger partial charge is 0.178 e. The lowest BCUT2D eigenvalue weighted by Crippen LogP contribution is -2.17. The molecule has 0 aromatic heterocycles. The quantitative estimate of drug-likeness (QED) is 0.722. The van der Waals surface area contributed by atoms with Gasteiger partial charge >= 0.3 is 0 Å². The fourth-order valence-electron chi connectivity index (χ4n) is 1.41. The predicted molar refractivity (Wildman–Crippen MR) is 60.1 cm³/mol. The zero-order valence-electron chi connectivity index (χ0n) is 9.44. The molecule has 0 amide bonds. The minimum absolute atomic E-state index is 0.0516. The topological polar surface area (TPSA) is 86.6 Å².